The molecule has 0 atom stereocenters. The zero-order chi connectivity index (χ0) is 23.9. The van der Waals surface area contributed by atoms with Gasteiger partial charge < -0.3 is 10.0 Å². The SMILES string of the molecule is Cc1ccc(-n2nc(C)c(C(=O)N3CCN(S(=O)(=O)c4cc(C)ccc4O)CC3)n2)c(C)c1. The molecule has 1 aromatic heterocycles. The fraction of sp³-hybridized carbons (Fsp3) is 0.348. The van der Waals surface area contributed by atoms with E-state index in [2.05, 4.69) is 10.2 Å². The molecule has 0 saturated carbocycles. The lowest BCUT2D eigenvalue weighted by atomic mass is 10.1. The zero-order valence-corrected chi connectivity index (χ0v) is 19.9. The third-order valence-electron chi connectivity index (χ3n) is 5.81. The maximum Gasteiger partial charge on any atom is 0.276 e. The molecule has 0 aliphatic carbocycles. The quantitative estimate of drug-likeness (QED) is 0.628. The van der Waals surface area contributed by atoms with E-state index in [0.717, 1.165) is 22.4 Å². The molecule has 3 aromatic rings. The third-order valence-corrected chi connectivity index (χ3v) is 7.74. The molecule has 0 radical (unpaired) electrons. The summed E-state index contributed by atoms with van der Waals surface area (Å²) in [6.45, 7) is 8.18. The number of amides is 1. The number of carbonyl (C=O) groups is 1. The molecule has 9 nitrogen and oxygen atoms in total. The van der Waals surface area contributed by atoms with Crippen LogP contribution in [0.3, 0.4) is 0 Å². The first kappa shape index (κ1) is 22.9. The van der Waals surface area contributed by atoms with E-state index in [-0.39, 0.29) is 48.4 Å². The van der Waals surface area contributed by atoms with E-state index in [0.29, 0.717) is 5.69 Å². The van der Waals surface area contributed by atoms with Crippen LogP contribution in [0, 0.1) is 27.7 Å². The second kappa shape index (κ2) is 8.60. The lowest BCUT2D eigenvalue weighted by Gasteiger charge is -2.33. The number of aryl methyl sites for hydroxylation is 4. The predicted octanol–water partition coefficient (Wildman–Crippen LogP) is 2.35. The van der Waals surface area contributed by atoms with Gasteiger partial charge in [0.15, 0.2) is 5.69 Å². The highest BCUT2D eigenvalue weighted by Crippen LogP contribution is 2.27. The van der Waals surface area contributed by atoms with Gasteiger partial charge in [-0.25, -0.2) is 8.42 Å². The van der Waals surface area contributed by atoms with Gasteiger partial charge in [-0.15, -0.1) is 5.10 Å². The van der Waals surface area contributed by atoms with Crippen molar-refractivity contribution in [3.63, 3.8) is 0 Å². The molecule has 0 unspecified atom stereocenters. The molecule has 2 heterocycles. The van der Waals surface area contributed by atoms with Crippen molar-refractivity contribution in [3.05, 3.63) is 64.5 Å². The highest BCUT2D eigenvalue weighted by molar-refractivity contribution is 7.89. The minimum absolute atomic E-state index is 0.116. The van der Waals surface area contributed by atoms with Crippen LogP contribution in [-0.4, -0.2) is 69.8 Å². The summed E-state index contributed by atoms with van der Waals surface area (Å²) in [4.78, 5) is 16.1. The number of aromatic nitrogens is 3. The van der Waals surface area contributed by atoms with E-state index in [4.69, 9.17) is 0 Å². The van der Waals surface area contributed by atoms with Crippen LogP contribution in [-0.2, 0) is 10.0 Å². The Kier molecular flexibility index (Phi) is 5.98. The summed E-state index contributed by atoms with van der Waals surface area (Å²) < 4.78 is 27.3. The maximum absolute atomic E-state index is 13.1. The average Bonchev–Trinajstić information content (AvgIpc) is 3.16. The molecule has 0 bridgehead atoms. The van der Waals surface area contributed by atoms with Crippen LogP contribution in [0.25, 0.3) is 5.69 Å². The number of piperazine rings is 1. The van der Waals surface area contributed by atoms with Gasteiger partial charge in [0.25, 0.3) is 5.91 Å². The molecule has 1 fully saturated rings. The molecule has 4 rings (SSSR count). The van der Waals surface area contributed by atoms with Crippen LogP contribution in [0.1, 0.15) is 32.9 Å². The van der Waals surface area contributed by atoms with Crippen molar-refractivity contribution in [2.24, 2.45) is 0 Å². The molecule has 2 aromatic carbocycles. The van der Waals surface area contributed by atoms with Gasteiger partial charge in [0.2, 0.25) is 10.0 Å². The number of hydrogen-bond donors (Lipinski definition) is 1. The predicted molar refractivity (Wildman–Crippen MR) is 123 cm³/mol. The lowest BCUT2D eigenvalue weighted by Crippen LogP contribution is -2.50. The average molecular weight is 470 g/mol. The topological polar surface area (TPSA) is 109 Å². The Balaban J connectivity index is 1.50. The Morgan fingerprint density at radius 1 is 0.909 bits per heavy atom. The molecule has 174 valence electrons. The standard InChI is InChI=1S/C23H27N5O4S/c1-15-5-7-19(17(3)13-15)28-24-18(4)22(25-28)23(30)26-9-11-27(12-10-26)33(31,32)21-14-16(2)6-8-20(21)29/h5-8,13-14,29H,9-12H2,1-4H3. The van der Waals surface area contributed by atoms with Crippen LogP contribution < -0.4 is 0 Å². The van der Waals surface area contributed by atoms with E-state index in [9.17, 15) is 18.3 Å². The zero-order valence-electron chi connectivity index (χ0n) is 19.1. The second-order valence-corrected chi connectivity index (χ2v) is 10.3. The minimum atomic E-state index is -3.86. The van der Waals surface area contributed by atoms with Gasteiger partial charge in [0, 0.05) is 26.2 Å². The first-order valence-electron chi connectivity index (χ1n) is 10.7. The normalized spacial score (nSPS) is 15.1. The van der Waals surface area contributed by atoms with E-state index in [1.807, 2.05) is 32.0 Å². The molecule has 33 heavy (non-hydrogen) atoms. The van der Waals surface area contributed by atoms with Gasteiger partial charge >= 0.3 is 0 Å². The molecule has 1 amide bonds. The highest BCUT2D eigenvalue weighted by atomic mass is 32.2. The Hall–Kier alpha value is -3.24. The summed E-state index contributed by atoms with van der Waals surface area (Å²) in [5.41, 5.74) is 4.44. The van der Waals surface area contributed by atoms with Crippen molar-refractivity contribution >= 4 is 15.9 Å². The summed E-state index contributed by atoms with van der Waals surface area (Å²) in [6.07, 6.45) is 0. The van der Waals surface area contributed by atoms with E-state index >= 15 is 0 Å². The fourth-order valence-corrected chi connectivity index (χ4v) is 5.55. The van der Waals surface area contributed by atoms with Crippen LogP contribution in [0.2, 0.25) is 0 Å². The van der Waals surface area contributed by atoms with Crippen LogP contribution in [0.15, 0.2) is 41.3 Å². The number of sulfonamides is 1. The van der Waals surface area contributed by atoms with E-state index in [1.54, 1.807) is 24.8 Å². The number of nitrogens with zero attached hydrogens (tertiary/aromatic N) is 5. The number of benzene rings is 2. The maximum atomic E-state index is 13.1. The molecule has 0 spiro atoms. The number of hydrogen-bond acceptors (Lipinski definition) is 6. The summed E-state index contributed by atoms with van der Waals surface area (Å²) in [5.74, 6) is -0.559. The molecule has 10 heteroatoms. The first-order chi connectivity index (χ1) is 15.6. The lowest BCUT2D eigenvalue weighted by molar-refractivity contribution is 0.0690. The van der Waals surface area contributed by atoms with Gasteiger partial charge in [0.1, 0.15) is 10.6 Å². The number of rotatable bonds is 4. The third kappa shape index (κ3) is 4.36. The summed E-state index contributed by atoms with van der Waals surface area (Å²) in [5, 5.41) is 18.9. The fourth-order valence-electron chi connectivity index (χ4n) is 3.96. The van der Waals surface area contributed by atoms with Crippen molar-refractivity contribution in [2.45, 2.75) is 32.6 Å². The Morgan fingerprint density at radius 2 is 1.55 bits per heavy atom. The molecule has 1 N–H and O–H groups in total. The molecular weight excluding hydrogens is 442 g/mol. The number of phenolic OH excluding ortho intramolecular Hbond substituents is 1. The number of phenols is 1. The van der Waals surface area contributed by atoms with Crippen molar-refractivity contribution in [1.82, 2.24) is 24.2 Å². The largest absolute Gasteiger partial charge is 0.507 e. The van der Waals surface area contributed by atoms with Crippen molar-refractivity contribution in [1.29, 1.82) is 0 Å². The van der Waals surface area contributed by atoms with Crippen LogP contribution in [0.5, 0.6) is 5.75 Å². The minimum Gasteiger partial charge on any atom is -0.507 e. The molecule has 1 aliphatic rings. The molecule has 1 saturated heterocycles. The molecule has 1 aliphatic heterocycles. The van der Waals surface area contributed by atoms with Gasteiger partial charge in [0.05, 0.1) is 11.4 Å². The van der Waals surface area contributed by atoms with Gasteiger partial charge in [-0.3, -0.25) is 4.79 Å². The van der Waals surface area contributed by atoms with Gasteiger partial charge in [-0.1, -0.05) is 23.8 Å². The molecular formula is C23H27N5O4S. The Labute approximate surface area is 193 Å². The number of aromatic hydroxyl groups is 1. The smallest absolute Gasteiger partial charge is 0.276 e. The van der Waals surface area contributed by atoms with Crippen molar-refractivity contribution < 1.29 is 18.3 Å². The first-order valence-corrected chi connectivity index (χ1v) is 12.1. The summed E-state index contributed by atoms with van der Waals surface area (Å²) in [7, 11) is -3.86. The summed E-state index contributed by atoms with van der Waals surface area (Å²) >= 11 is 0. The van der Waals surface area contributed by atoms with Gasteiger partial charge in [-0.2, -0.15) is 14.2 Å². The second-order valence-electron chi connectivity index (χ2n) is 8.38. The van der Waals surface area contributed by atoms with E-state index < -0.39 is 10.0 Å². The van der Waals surface area contributed by atoms with E-state index in [1.165, 1.54) is 21.2 Å². The Morgan fingerprint density at radius 3 is 2.21 bits per heavy atom. The monoisotopic (exact) mass is 469 g/mol. The number of carbonyl (C=O) groups excluding carboxylic acids is 1. The van der Waals surface area contributed by atoms with Crippen LogP contribution >= 0.6 is 0 Å². The van der Waals surface area contributed by atoms with Gasteiger partial charge in [-0.05, 0) is 57.0 Å². The van der Waals surface area contributed by atoms with Crippen molar-refractivity contribution in [3.8, 4) is 11.4 Å². The van der Waals surface area contributed by atoms with Crippen LogP contribution in [0.4, 0.5) is 0 Å². The summed E-state index contributed by atoms with van der Waals surface area (Å²) in [6, 6.07) is 10.4. The highest BCUT2D eigenvalue weighted by Gasteiger charge is 2.33. The van der Waals surface area contributed by atoms with Crippen molar-refractivity contribution in [2.75, 3.05) is 26.2 Å². The Bertz CT molecular complexity index is 1320.